The Bertz CT molecular complexity index is 928. The fraction of sp³-hybridized carbons (Fsp3) is 0.500. The molecule has 0 bridgehead atoms. The van der Waals surface area contributed by atoms with Crippen molar-refractivity contribution in [1.82, 2.24) is 10.2 Å². The van der Waals surface area contributed by atoms with E-state index in [1.54, 1.807) is 0 Å². The molecule has 0 aromatic heterocycles. The van der Waals surface area contributed by atoms with E-state index in [2.05, 4.69) is 66.5 Å². The minimum Gasteiger partial charge on any atom is -0.395 e. The van der Waals surface area contributed by atoms with Crippen molar-refractivity contribution < 1.29 is 9.90 Å². The highest BCUT2D eigenvalue weighted by Gasteiger charge is 2.28. The molecule has 2 N–H and O–H groups in total. The molecule has 0 aliphatic carbocycles. The average Bonchev–Trinajstić information content (AvgIpc) is 2.83. The van der Waals surface area contributed by atoms with Crippen LogP contribution in [0.4, 0.5) is 0 Å². The predicted molar refractivity (Wildman–Crippen MR) is 133 cm³/mol. The van der Waals surface area contributed by atoms with Crippen LogP contribution < -0.4 is 5.32 Å². The van der Waals surface area contributed by atoms with Crippen LogP contribution in [0.5, 0.6) is 0 Å². The molecule has 1 aliphatic rings. The van der Waals surface area contributed by atoms with Crippen molar-refractivity contribution in [2.45, 2.75) is 45.4 Å². The molecule has 0 saturated carbocycles. The summed E-state index contributed by atoms with van der Waals surface area (Å²) in [4.78, 5) is 15.5. The summed E-state index contributed by atoms with van der Waals surface area (Å²) in [5.41, 5.74) is 4.74. The Balaban J connectivity index is 1.98. The Hall–Kier alpha value is -2.68. The van der Waals surface area contributed by atoms with Crippen molar-refractivity contribution in [3.63, 3.8) is 0 Å². The van der Waals surface area contributed by atoms with Crippen LogP contribution in [0.1, 0.15) is 50.2 Å². The Labute approximate surface area is 198 Å². The number of aliphatic hydroxyl groups is 1. The lowest BCUT2D eigenvalue weighted by atomic mass is 9.79. The quantitative estimate of drug-likeness (QED) is 0.530. The normalized spacial score (nSPS) is 15.8. The Morgan fingerprint density at radius 3 is 2.52 bits per heavy atom. The summed E-state index contributed by atoms with van der Waals surface area (Å²) in [7, 11) is 0. The number of hydrogen-bond donors (Lipinski definition) is 2. The van der Waals surface area contributed by atoms with Gasteiger partial charge in [0, 0.05) is 6.54 Å². The molecular formula is C28H37N3O2. The third-order valence-corrected chi connectivity index (χ3v) is 6.65. The first-order valence-corrected chi connectivity index (χ1v) is 12.2. The molecule has 1 heterocycles. The Morgan fingerprint density at radius 1 is 1.15 bits per heavy atom. The van der Waals surface area contributed by atoms with Gasteiger partial charge in [-0.15, -0.1) is 0 Å². The van der Waals surface area contributed by atoms with Gasteiger partial charge in [0.15, 0.2) is 0 Å². The maximum atomic E-state index is 13.2. The topological polar surface area (TPSA) is 76.4 Å². The van der Waals surface area contributed by atoms with Crippen LogP contribution >= 0.6 is 0 Å². The number of rotatable bonds is 10. The number of nitrogens with one attached hydrogen (secondary N) is 1. The summed E-state index contributed by atoms with van der Waals surface area (Å²) in [6, 6.07) is 18.8. The van der Waals surface area contributed by atoms with Crippen LogP contribution in [0, 0.1) is 23.2 Å². The van der Waals surface area contributed by atoms with Crippen molar-refractivity contribution >= 4 is 5.91 Å². The SMILES string of the molecule is CC(C)CC(C(=O)NCC#N)c1cccc(-c2ccccc2)c1CC1CCN(CCO)CC1. The number of piperidine rings is 1. The highest BCUT2D eigenvalue weighted by Crippen LogP contribution is 2.36. The molecular weight excluding hydrogens is 410 g/mol. The smallest absolute Gasteiger partial charge is 0.228 e. The molecule has 2 aromatic rings. The van der Waals surface area contributed by atoms with Gasteiger partial charge in [-0.3, -0.25) is 4.79 Å². The number of benzene rings is 2. The molecule has 2 aromatic carbocycles. The van der Waals surface area contributed by atoms with Crippen molar-refractivity contribution in [2.75, 3.05) is 32.8 Å². The van der Waals surface area contributed by atoms with Crippen molar-refractivity contribution in [3.05, 3.63) is 59.7 Å². The number of carbonyl (C=O) groups excluding carboxylic acids is 1. The van der Waals surface area contributed by atoms with Gasteiger partial charge < -0.3 is 15.3 Å². The van der Waals surface area contributed by atoms with Gasteiger partial charge in [-0.25, -0.2) is 0 Å². The Morgan fingerprint density at radius 2 is 1.88 bits per heavy atom. The zero-order valence-electron chi connectivity index (χ0n) is 20.0. The fourth-order valence-electron chi connectivity index (χ4n) is 4.99. The lowest BCUT2D eigenvalue weighted by Gasteiger charge is -2.33. The molecule has 1 aliphatic heterocycles. The van der Waals surface area contributed by atoms with Crippen LogP contribution in [0.3, 0.4) is 0 Å². The molecule has 0 spiro atoms. The largest absolute Gasteiger partial charge is 0.395 e. The minimum absolute atomic E-state index is 0.0322. The van der Waals surface area contributed by atoms with Crippen molar-refractivity contribution in [2.24, 2.45) is 11.8 Å². The van der Waals surface area contributed by atoms with Crippen LogP contribution in [-0.2, 0) is 11.2 Å². The van der Waals surface area contributed by atoms with E-state index >= 15 is 0 Å². The second-order valence-electron chi connectivity index (χ2n) is 9.51. The second kappa shape index (κ2) is 12.5. The van der Waals surface area contributed by atoms with Gasteiger partial charge in [0.25, 0.3) is 0 Å². The van der Waals surface area contributed by atoms with E-state index in [0.717, 1.165) is 50.9 Å². The maximum Gasteiger partial charge on any atom is 0.228 e. The highest BCUT2D eigenvalue weighted by atomic mass is 16.3. The summed E-state index contributed by atoms with van der Waals surface area (Å²) in [5.74, 6) is 0.573. The molecule has 33 heavy (non-hydrogen) atoms. The van der Waals surface area contributed by atoms with Crippen LogP contribution in [0.2, 0.25) is 0 Å². The van der Waals surface area contributed by atoms with Crippen LogP contribution in [0.25, 0.3) is 11.1 Å². The first kappa shape index (κ1) is 25.0. The van der Waals surface area contributed by atoms with Crippen LogP contribution in [0.15, 0.2) is 48.5 Å². The second-order valence-corrected chi connectivity index (χ2v) is 9.51. The van der Waals surface area contributed by atoms with Gasteiger partial charge in [0.1, 0.15) is 6.54 Å². The predicted octanol–water partition coefficient (Wildman–Crippen LogP) is 4.37. The summed E-state index contributed by atoms with van der Waals surface area (Å²) in [5, 5.41) is 21.1. The van der Waals surface area contributed by atoms with E-state index in [4.69, 9.17) is 5.26 Å². The summed E-state index contributed by atoms with van der Waals surface area (Å²) in [6.45, 7) is 7.28. The molecule has 5 nitrogen and oxygen atoms in total. The number of likely N-dealkylation sites (tertiary alicyclic amines) is 1. The molecule has 1 fully saturated rings. The van der Waals surface area contributed by atoms with Gasteiger partial charge in [0.2, 0.25) is 5.91 Å². The lowest BCUT2D eigenvalue weighted by molar-refractivity contribution is -0.122. The average molecular weight is 448 g/mol. The van der Waals surface area contributed by atoms with Crippen molar-refractivity contribution in [1.29, 1.82) is 5.26 Å². The van der Waals surface area contributed by atoms with Gasteiger partial charge >= 0.3 is 0 Å². The van der Waals surface area contributed by atoms with E-state index < -0.39 is 0 Å². The number of amides is 1. The van der Waals surface area contributed by atoms with Gasteiger partial charge in [-0.1, -0.05) is 62.4 Å². The number of aliphatic hydroxyl groups excluding tert-OH is 1. The minimum atomic E-state index is -0.272. The molecule has 3 rings (SSSR count). The van der Waals surface area contributed by atoms with Gasteiger partial charge in [-0.2, -0.15) is 5.26 Å². The molecule has 1 saturated heterocycles. The van der Waals surface area contributed by atoms with Crippen molar-refractivity contribution in [3.8, 4) is 17.2 Å². The third kappa shape index (κ3) is 6.90. The molecule has 1 atom stereocenters. The molecule has 1 unspecified atom stereocenters. The van der Waals surface area contributed by atoms with Crippen LogP contribution in [-0.4, -0.2) is 48.7 Å². The third-order valence-electron chi connectivity index (χ3n) is 6.65. The summed E-state index contributed by atoms with van der Waals surface area (Å²) < 4.78 is 0. The van der Waals surface area contributed by atoms with E-state index in [0.29, 0.717) is 11.8 Å². The standard InChI is InChI=1S/C28H37N3O2/c1-21(2)19-27(28(33)30-14-13-29)25-10-6-9-24(23-7-4-3-5-8-23)26(25)20-22-11-15-31(16-12-22)17-18-32/h3-10,21-22,27,32H,11-12,14-20H2,1-2H3,(H,30,33). The fourth-order valence-corrected chi connectivity index (χ4v) is 4.99. The first-order chi connectivity index (χ1) is 16.0. The lowest BCUT2D eigenvalue weighted by Crippen LogP contribution is -2.36. The van der Waals surface area contributed by atoms with E-state index in [-0.39, 0.29) is 25.0 Å². The molecule has 1 amide bonds. The van der Waals surface area contributed by atoms with E-state index in [1.807, 2.05) is 12.1 Å². The maximum absolute atomic E-state index is 13.2. The molecule has 5 heteroatoms. The summed E-state index contributed by atoms with van der Waals surface area (Å²) >= 11 is 0. The zero-order chi connectivity index (χ0) is 23.6. The van der Waals surface area contributed by atoms with Gasteiger partial charge in [0.05, 0.1) is 18.6 Å². The molecule has 0 radical (unpaired) electrons. The van der Waals surface area contributed by atoms with E-state index in [9.17, 15) is 9.90 Å². The highest BCUT2D eigenvalue weighted by molar-refractivity contribution is 5.85. The van der Waals surface area contributed by atoms with Gasteiger partial charge in [-0.05, 0) is 72.9 Å². The number of hydrogen-bond acceptors (Lipinski definition) is 4. The molecule has 176 valence electrons. The Kier molecular flexibility index (Phi) is 9.47. The first-order valence-electron chi connectivity index (χ1n) is 12.2. The summed E-state index contributed by atoms with van der Waals surface area (Å²) in [6.07, 6.45) is 3.88. The monoisotopic (exact) mass is 447 g/mol. The number of carbonyl (C=O) groups is 1. The number of β-amino-alcohol motifs (C(OH)–C–C–N with tert-alkyl or cyclic N) is 1. The number of nitrogens with zero attached hydrogens (tertiary/aromatic N) is 2. The zero-order valence-corrected chi connectivity index (χ0v) is 20.0. The number of nitriles is 1. The van der Waals surface area contributed by atoms with E-state index in [1.165, 1.54) is 16.7 Å².